The Morgan fingerprint density at radius 3 is 2.09 bits per heavy atom. The topological polar surface area (TPSA) is 61.8 Å². The molecule has 1 atom stereocenters. The molecule has 0 saturated heterocycles. The van der Waals surface area contributed by atoms with Crippen molar-refractivity contribution in [1.82, 2.24) is 0 Å². The Kier molecular flexibility index (Phi) is 8.83. The highest BCUT2D eigenvalue weighted by Gasteiger charge is 2.48. The first-order valence-electron chi connectivity index (χ1n) is 11.7. The molecular formula is C28H36O5S. The van der Waals surface area contributed by atoms with E-state index >= 15 is 0 Å². The van der Waals surface area contributed by atoms with E-state index in [1.165, 1.54) is 7.11 Å². The molecule has 0 aliphatic heterocycles. The van der Waals surface area contributed by atoms with Crippen LogP contribution in [0.1, 0.15) is 59.4 Å². The smallest absolute Gasteiger partial charge is 0.320 e. The van der Waals surface area contributed by atoms with Gasteiger partial charge in [0, 0.05) is 12.9 Å². The zero-order chi connectivity index (χ0) is 24.9. The van der Waals surface area contributed by atoms with Crippen LogP contribution in [0.3, 0.4) is 0 Å². The van der Waals surface area contributed by atoms with Crippen molar-refractivity contribution in [3.8, 4) is 5.75 Å². The Bertz CT molecular complexity index is 983. The van der Waals surface area contributed by atoms with E-state index in [1.54, 1.807) is 26.0 Å². The van der Waals surface area contributed by atoms with Crippen molar-refractivity contribution in [1.29, 1.82) is 0 Å². The molecule has 184 valence electrons. The van der Waals surface area contributed by atoms with Gasteiger partial charge in [-0.05, 0) is 80.8 Å². The van der Waals surface area contributed by atoms with Crippen LogP contribution in [-0.4, -0.2) is 43.9 Å². The monoisotopic (exact) mass is 484 g/mol. The van der Waals surface area contributed by atoms with E-state index in [0.29, 0.717) is 18.6 Å². The van der Waals surface area contributed by atoms with Crippen molar-refractivity contribution in [2.24, 2.45) is 0 Å². The highest BCUT2D eigenvalue weighted by atomic mass is 32.2. The van der Waals surface area contributed by atoms with Crippen molar-refractivity contribution in [3.63, 3.8) is 0 Å². The third-order valence-electron chi connectivity index (χ3n) is 6.92. The number of ether oxygens (including phenoxy) is 3. The number of methoxy groups -OCH3 is 3. The molecule has 34 heavy (non-hydrogen) atoms. The molecule has 5 nitrogen and oxygen atoms in total. The highest BCUT2D eigenvalue weighted by molar-refractivity contribution is 8.00. The summed E-state index contributed by atoms with van der Waals surface area (Å²) in [5.41, 5.74) is 4.90. The van der Waals surface area contributed by atoms with Gasteiger partial charge in [0.15, 0.2) is 5.78 Å². The van der Waals surface area contributed by atoms with Crippen LogP contribution in [0, 0.1) is 20.8 Å². The second-order valence-electron chi connectivity index (χ2n) is 9.20. The Morgan fingerprint density at radius 1 is 1.00 bits per heavy atom. The summed E-state index contributed by atoms with van der Waals surface area (Å²) in [5, 5.41) is 0. The molecule has 0 radical (unpaired) electrons. The molecular weight excluding hydrogens is 448 g/mol. The van der Waals surface area contributed by atoms with Gasteiger partial charge in [0.05, 0.1) is 25.1 Å². The fourth-order valence-electron chi connectivity index (χ4n) is 5.08. The van der Waals surface area contributed by atoms with Gasteiger partial charge in [0.2, 0.25) is 0 Å². The van der Waals surface area contributed by atoms with E-state index in [9.17, 15) is 9.59 Å². The zero-order valence-corrected chi connectivity index (χ0v) is 21.9. The standard InChI is InChI=1S/C28H36O5S/c1-18-15-19(2)24(20(3)16-18)25(27(30)33-6)26(29)28(13-11-23(32-5)12-14-28)34-17-21-7-9-22(31-4)10-8-21/h7-10,15-16,23,25H,11-14,17H2,1-6H3. The number of carbonyl (C=O) groups excluding carboxylic acids is 2. The lowest BCUT2D eigenvalue weighted by atomic mass is 9.76. The first-order chi connectivity index (χ1) is 16.2. The van der Waals surface area contributed by atoms with Gasteiger partial charge in [-0.1, -0.05) is 29.8 Å². The molecule has 6 heteroatoms. The van der Waals surface area contributed by atoms with Gasteiger partial charge >= 0.3 is 5.97 Å². The van der Waals surface area contributed by atoms with Crippen molar-refractivity contribution in [2.45, 2.75) is 69.0 Å². The number of aryl methyl sites for hydroxylation is 3. The molecule has 2 aromatic carbocycles. The predicted octanol–water partition coefficient (Wildman–Crippen LogP) is 5.71. The van der Waals surface area contributed by atoms with Crippen molar-refractivity contribution < 1.29 is 23.8 Å². The number of thioether (sulfide) groups is 1. The summed E-state index contributed by atoms with van der Waals surface area (Å²) in [7, 11) is 4.73. The number of ketones is 1. The minimum atomic E-state index is -0.937. The molecule has 1 aliphatic rings. The lowest BCUT2D eigenvalue weighted by Gasteiger charge is -2.40. The Hall–Kier alpha value is -2.31. The minimum absolute atomic E-state index is 0.0533. The van der Waals surface area contributed by atoms with Crippen LogP contribution in [0.2, 0.25) is 0 Å². The van der Waals surface area contributed by atoms with Crippen LogP contribution in [0.4, 0.5) is 0 Å². The second kappa shape index (κ2) is 11.4. The Balaban J connectivity index is 1.98. The number of hydrogen-bond donors (Lipinski definition) is 0. The predicted molar refractivity (Wildman–Crippen MR) is 137 cm³/mol. The molecule has 0 aromatic heterocycles. The molecule has 1 aliphatic carbocycles. The van der Waals surface area contributed by atoms with Gasteiger partial charge in [-0.15, -0.1) is 11.8 Å². The molecule has 1 fully saturated rings. The zero-order valence-electron chi connectivity index (χ0n) is 21.1. The quantitative estimate of drug-likeness (QED) is 0.336. The van der Waals surface area contributed by atoms with Crippen LogP contribution >= 0.6 is 11.8 Å². The molecule has 0 N–H and O–H groups in total. The van der Waals surface area contributed by atoms with E-state index in [-0.39, 0.29) is 11.9 Å². The van der Waals surface area contributed by atoms with Gasteiger partial charge in [0.25, 0.3) is 0 Å². The maximum absolute atomic E-state index is 14.3. The molecule has 3 rings (SSSR count). The lowest BCUT2D eigenvalue weighted by molar-refractivity contribution is -0.146. The molecule has 1 saturated carbocycles. The number of benzene rings is 2. The normalized spacial score (nSPS) is 21.1. The fraction of sp³-hybridized carbons (Fsp3) is 0.500. The fourth-order valence-corrected chi connectivity index (χ4v) is 6.50. The number of hydrogen-bond acceptors (Lipinski definition) is 6. The average Bonchev–Trinajstić information content (AvgIpc) is 2.84. The van der Waals surface area contributed by atoms with Crippen LogP contribution in [-0.2, 0) is 24.8 Å². The first kappa shape index (κ1) is 26.3. The van der Waals surface area contributed by atoms with Crippen LogP contribution in [0.5, 0.6) is 5.75 Å². The largest absolute Gasteiger partial charge is 0.497 e. The summed E-state index contributed by atoms with van der Waals surface area (Å²) in [6.45, 7) is 5.96. The SMILES string of the molecule is COC(=O)C(C(=O)C1(SCc2ccc(OC)cc2)CCC(OC)CC1)c1c(C)cc(C)cc1C. The van der Waals surface area contributed by atoms with Gasteiger partial charge in [-0.2, -0.15) is 0 Å². The van der Waals surface area contributed by atoms with E-state index < -0.39 is 16.6 Å². The number of carbonyl (C=O) groups is 2. The minimum Gasteiger partial charge on any atom is -0.497 e. The maximum Gasteiger partial charge on any atom is 0.320 e. The Labute approximate surface area is 207 Å². The van der Waals surface area contributed by atoms with Crippen LogP contribution in [0.15, 0.2) is 36.4 Å². The summed E-state index contributed by atoms with van der Waals surface area (Å²) < 4.78 is 15.4. The molecule has 2 aromatic rings. The maximum atomic E-state index is 14.3. The van der Waals surface area contributed by atoms with Crippen molar-refractivity contribution in [3.05, 3.63) is 64.2 Å². The summed E-state index contributed by atoms with van der Waals surface area (Å²) in [4.78, 5) is 27.4. The Morgan fingerprint density at radius 2 is 1.59 bits per heavy atom. The van der Waals surface area contributed by atoms with Gasteiger partial charge in [-0.3, -0.25) is 9.59 Å². The molecule has 0 amide bonds. The lowest BCUT2D eigenvalue weighted by Crippen LogP contribution is -2.46. The van der Waals surface area contributed by atoms with E-state index in [2.05, 4.69) is 0 Å². The molecule has 0 spiro atoms. The molecule has 0 bridgehead atoms. The van der Waals surface area contributed by atoms with E-state index in [0.717, 1.165) is 46.4 Å². The average molecular weight is 485 g/mol. The number of esters is 1. The van der Waals surface area contributed by atoms with E-state index in [1.807, 2.05) is 57.2 Å². The highest BCUT2D eigenvalue weighted by Crippen LogP contribution is 2.46. The summed E-state index contributed by atoms with van der Waals surface area (Å²) >= 11 is 1.64. The molecule has 0 heterocycles. The van der Waals surface area contributed by atoms with Gasteiger partial charge in [-0.25, -0.2) is 0 Å². The molecule has 1 unspecified atom stereocenters. The summed E-state index contributed by atoms with van der Waals surface area (Å²) in [5.74, 6) is -0.00209. The van der Waals surface area contributed by atoms with Crippen LogP contribution in [0.25, 0.3) is 0 Å². The first-order valence-corrected chi connectivity index (χ1v) is 12.7. The van der Waals surface area contributed by atoms with Crippen molar-refractivity contribution >= 4 is 23.5 Å². The van der Waals surface area contributed by atoms with Crippen molar-refractivity contribution in [2.75, 3.05) is 21.3 Å². The van der Waals surface area contributed by atoms with Crippen LogP contribution < -0.4 is 4.74 Å². The summed E-state index contributed by atoms with van der Waals surface area (Å²) in [6.07, 6.45) is 3.06. The number of rotatable bonds is 9. The van der Waals surface area contributed by atoms with E-state index in [4.69, 9.17) is 14.2 Å². The third kappa shape index (κ3) is 5.66. The third-order valence-corrected chi connectivity index (χ3v) is 8.56. The van der Waals surface area contributed by atoms with Gasteiger partial charge in [0.1, 0.15) is 11.7 Å². The second-order valence-corrected chi connectivity index (χ2v) is 10.6. The van der Waals surface area contributed by atoms with Gasteiger partial charge < -0.3 is 14.2 Å². The number of Topliss-reactive ketones (excluding diaryl/α,β-unsaturated/α-hetero) is 1. The summed E-state index contributed by atoms with van der Waals surface area (Å²) in [6, 6.07) is 12.0.